The fraction of sp³-hybridized carbons (Fsp3) is 0.550. The van der Waals surface area contributed by atoms with Crippen molar-refractivity contribution in [3.63, 3.8) is 0 Å². The number of guanidine groups is 1. The molecule has 0 unspecified atom stereocenters. The van der Waals surface area contributed by atoms with Crippen LogP contribution in [-0.2, 0) is 13.6 Å². The van der Waals surface area contributed by atoms with Crippen LogP contribution in [0.15, 0.2) is 23.2 Å². The van der Waals surface area contributed by atoms with E-state index in [1.165, 1.54) is 12.8 Å². The normalized spacial score (nSPS) is 14.9. The Bertz CT molecular complexity index is 811. The number of ether oxygens (including phenoxy) is 2. The lowest BCUT2D eigenvalue weighted by Crippen LogP contribution is -2.37. The molecular formula is C20H30N6O2. The Morgan fingerprint density at radius 1 is 1.25 bits per heavy atom. The molecule has 1 aliphatic rings. The van der Waals surface area contributed by atoms with Crippen molar-refractivity contribution in [3.05, 3.63) is 29.8 Å². The van der Waals surface area contributed by atoms with Crippen molar-refractivity contribution in [1.29, 1.82) is 0 Å². The third-order valence-corrected chi connectivity index (χ3v) is 4.98. The first kappa shape index (κ1) is 20.0. The highest BCUT2D eigenvalue weighted by molar-refractivity contribution is 5.94. The Morgan fingerprint density at radius 2 is 2.04 bits per heavy atom. The number of aliphatic imine (C=N–C) groups is 1. The maximum absolute atomic E-state index is 5.68. The van der Waals surface area contributed by atoms with Crippen LogP contribution in [0.25, 0.3) is 0 Å². The molecule has 0 bridgehead atoms. The van der Waals surface area contributed by atoms with Crippen LogP contribution in [0.4, 0.5) is 5.69 Å². The molecule has 28 heavy (non-hydrogen) atoms. The lowest BCUT2D eigenvalue weighted by molar-refractivity contribution is 0.311. The minimum Gasteiger partial charge on any atom is -0.493 e. The van der Waals surface area contributed by atoms with Gasteiger partial charge in [-0.05, 0) is 38.8 Å². The van der Waals surface area contributed by atoms with Crippen molar-refractivity contribution in [3.8, 4) is 11.5 Å². The zero-order valence-electron chi connectivity index (χ0n) is 17.2. The Morgan fingerprint density at radius 3 is 2.68 bits per heavy atom. The first-order valence-electron chi connectivity index (χ1n) is 9.84. The van der Waals surface area contributed by atoms with Crippen molar-refractivity contribution < 1.29 is 9.47 Å². The average Bonchev–Trinajstić information content (AvgIpc) is 3.31. The third kappa shape index (κ3) is 4.94. The number of anilines is 1. The quantitative estimate of drug-likeness (QED) is 0.562. The molecule has 0 aliphatic heterocycles. The van der Waals surface area contributed by atoms with Gasteiger partial charge >= 0.3 is 0 Å². The summed E-state index contributed by atoms with van der Waals surface area (Å²) in [6.07, 6.45) is 4.84. The highest BCUT2D eigenvalue weighted by atomic mass is 16.5. The maximum Gasteiger partial charge on any atom is 0.196 e. The second-order valence-corrected chi connectivity index (χ2v) is 6.94. The molecular weight excluding hydrogens is 356 g/mol. The number of nitrogens with one attached hydrogen (secondary N) is 2. The molecule has 152 valence electrons. The first-order valence-corrected chi connectivity index (χ1v) is 9.84. The van der Waals surface area contributed by atoms with E-state index in [-0.39, 0.29) is 0 Å². The molecule has 0 amide bonds. The lowest BCUT2D eigenvalue weighted by atomic mass is 10.2. The van der Waals surface area contributed by atoms with E-state index in [1.54, 1.807) is 7.11 Å². The number of aryl methyl sites for hydroxylation is 1. The molecule has 1 fully saturated rings. The predicted molar refractivity (Wildman–Crippen MR) is 110 cm³/mol. The van der Waals surface area contributed by atoms with Crippen LogP contribution in [0.3, 0.4) is 0 Å². The molecule has 2 N–H and O–H groups in total. The second-order valence-electron chi connectivity index (χ2n) is 6.94. The van der Waals surface area contributed by atoms with Gasteiger partial charge in [-0.1, -0.05) is 12.8 Å². The van der Waals surface area contributed by atoms with E-state index in [4.69, 9.17) is 14.5 Å². The summed E-state index contributed by atoms with van der Waals surface area (Å²) in [7, 11) is 3.60. The summed E-state index contributed by atoms with van der Waals surface area (Å²) in [5, 5.41) is 15.3. The molecule has 1 aromatic heterocycles. The summed E-state index contributed by atoms with van der Waals surface area (Å²) in [6, 6.07) is 6.23. The number of hydrogen-bond donors (Lipinski definition) is 2. The van der Waals surface area contributed by atoms with Gasteiger partial charge in [0, 0.05) is 24.8 Å². The Kier molecular flexibility index (Phi) is 6.73. The predicted octanol–water partition coefficient (Wildman–Crippen LogP) is 3.03. The van der Waals surface area contributed by atoms with Crippen molar-refractivity contribution >= 4 is 11.6 Å². The Labute approximate surface area is 166 Å². The minimum atomic E-state index is 0.442. The van der Waals surface area contributed by atoms with Crippen LogP contribution in [0.2, 0.25) is 0 Å². The summed E-state index contributed by atoms with van der Waals surface area (Å²) in [5.41, 5.74) is 0.891. The minimum absolute atomic E-state index is 0.442. The molecule has 0 radical (unpaired) electrons. The number of rotatable bonds is 7. The molecule has 1 aromatic carbocycles. The number of nitrogens with zero attached hydrogens (tertiary/aromatic N) is 4. The van der Waals surface area contributed by atoms with Gasteiger partial charge in [-0.3, -0.25) is 0 Å². The molecule has 0 atom stereocenters. The molecule has 8 heteroatoms. The van der Waals surface area contributed by atoms with Crippen LogP contribution in [0.5, 0.6) is 11.5 Å². The molecule has 2 aromatic rings. The van der Waals surface area contributed by atoms with Crippen molar-refractivity contribution in [1.82, 2.24) is 20.1 Å². The van der Waals surface area contributed by atoms with E-state index < -0.39 is 0 Å². The molecule has 8 nitrogen and oxygen atoms in total. The average molecular weight is 387 g/mol. The van der Waals surface area contributed by atoms with Crippen molar-refractivity contribution in [2.45, 2.75) is 52.1 Å². The summed E-state index contributed by atoms with van der Waals surface area (Å²) < 4.78 is 13.0. The van der Waals surface area contributed by atoms with E-state index in [1.807, 2.05) is 43.7 Å². The molecule has 0 saturated heterocycles. The van der Waals surface area contributed by atoms with Gasteiger partial charge in [0.05, 0.1) is 13.7 Å². The van der Waals surface area contributed by atoms with Crippen LogP contribution < -0.4 is 20.1 Å². The van der Waals surface area contributed by atoms with Gasteiger partial charge in [-0.15, -0.1) is 10.2 Å². The topological polar surface area (TPSA) is 85.6 Å². The van der Waals surface area contributed by atoms with Crippen LogP contribution >= 0.6 is 0 Å². The first-order chi connectivity index (χ1) is 13.6. The van der Waals surface area contributed by atoms with E-state index in [0.29, 0.717) is 30.7 Å². The monoisotopic (exact) mass is 386 g/mol. The third-order valence-electron chi connectivity index (χ3n) is 4.98. The van der Waals surface area contributed by atoms with Gasteiger partial charge < -0.3 is 24.7 Å². The standard InChI is InChI=1S/C20H30N6O2/c1-5-28-18-12-16(10-11-17(18)27-4)23-20(22-15-8-6-7-9-15)21-13-19-25-24-14(2)26(19)3/h10-12,15H,5-9,13H2,1-4H3,(H2,21,22,23). The van der Waals surface area contributed by atoms with Crippen LogP contribution in [0.1, 0.15) is 44.3 Å². The van der Waals surface area contributed by atoms with E-state index in [0.717, 1.165) is 36.1 Å². The van der Waals surface area contributed by atoms with E-state index in [2.05, 4.69) is 20.8 Å². The number of aromatic nitrogens is 3. The lowest BCUT2D eigenvalue weighted by Gasteiger charge is -2.18. The smallest absolute Gasteiger partial charge is 0.196 e. The van der Waals surface area contributed by atoms with Crippen molar-refractivity contribution in [2.24, 2.45) is 12.0 Å². The molecule has 1 saturated carbocycles. The summed E-state index contributed by atoms with van der Waals surface area (Å²) >= 11 is 0. The molecule has 1 aliphatic carbocycles. The highest BCUT2D eigenvalue weighted by Gasteiger charge is 2.17. The van der Waals surface area contributed by atoms with E-state index >= 15 is 0 Å². The van der Waals surface area contributed by atoms with Crippen LogP contribution in [0, 0.1) is 6.92 Å². The second kappa shape index (κ2) is 9.43. The number of methoxy groups -OCH3 is 1. The van der Waals surface area contributed by atoms with Gasteiger partial charge in [0.2, 0.25) is 0 Å². The zero-order valence-corrected chi connectivity index (χ0v) is 17.2. The van der Waals surface area contributed by atoms with E-state index in [9.17, 15) is 0 Å². The Balaban J connectivity index is 1.79. The van der Waals surface area contributed by atoms with Crippen molar-refractivity contribution in [2.75, 3.05) is 19.0 Å². The summed E-state index contributed by atoms with van der Waals surface area (Å²) in [5.74, 6) is 3.86. The number of benzene rings is 1. The molecule has 1 heterocycles. The van der Waals surface area contributed by atoms with Gasteiger partial charge in [0.25, 0.3) is 0 Å². The SMILES string of the molecule is CCOc1cc(NC(=NCc2nnc(C)n2C)NC2CCCC2)ccc1OC. The van der Waals surface area contributed by atoms with Gasteiger partial charge in [0.15, 0.2) is 23.3 Å². The summed E-state index contributed by atoms with van der Waals surface area (Å²) in [6.45, 7) is 4.92. The fourth-order valence-electron chi connectivity index (χ4n) is 3.28. The van der Waals surface area contributed by atoms with Crippen LogP contribution in [-0.4, -0.2) is 40.5 Å². The fourth-order valence-corrected chi connectivity index (χ4v) is 3.28. The van der Waals surface area contributed by atoms with Gasteiger partial charge in [0.1, 0.15) is 12.4 Å². The van der Waals surface area contributed by atoms with Gasteiger partial charge in [-0.25, -0.2) is 4.99 Å². The Hall–Kier alpha value is -2.77. The number of hydrogen-bond acceptors (Lipinski definition) is 5. The summed E-state index contributed by atoms with van der Waals surface area (Å²) in [4.78, 5) is 4.74. The van der Waals surface area contributed by atoms with Gasteiger partial charge in [-0.2, -0.15) is 0 Å². The zero-order chi connectivity index (χ0) is 19.9. The molecule has 0 spiro atoms. The highest BCUT2D eigenvalue weighted by Crippen LogP contribution is 2.30. The largest absolute Gasteiger partial charge is 0.493 e. The molecule has 3 rings (SSSR count). The maximum atomic E-state index is 5.68.